The highest BCUT2D eigenvalue weighted by Gasteiger charge is 2.30. The summed E-state index contributed by atoms with van der Waals surface area (Å²) in [5, 5.41) is 3.28. The maximum absolute atomic E-state index is 12.1. The van der Waals surface area contributed by atoms with Crippen LogP contribution >= 0.6 is 0 Å². The normalized spacial score (nSPS) is 21.5. The van der Waals surface area contributed by atoms with Crippen molar-refractivity contribution in [3.05, 3.63) is 0 Å². The lowest BCUT2D eigenvalue weighted by Gasteiger charge is -2.30. The summed E-state index contributed by atoms with van der Waals surface area (Å²) < 4.78 is 0. The van der Waals surface area contributed by atoms with Crippen molar-refractivity contribution in [1.29, 1.82) is 0 Å². The average molecular weight is 225 g/mol. The summed E-state index contributed by atoms with van der Waals surface area (Å²) in [5.74, 6) is 0.321. The molecular weight excluding hydrogens is 202 g/mol. The van der Waals surface area contributed by atoms with Crippen LogP contribution in [-0.4, -0.2) is 61.0 Å². The predicted octanol–water partition coefficient (Wildman–Crippen LogP) is 0.293. The molecule has 0 aromatic heterocycles. The third-order valence-electron chi connectivity index (χ3n) is 3.38. The largest absolute Gasteiger partial charge is 0.339 e. The van der Waals surface area contributed by atoms with Crippen LogP contribution in [0.1, 0.15) is 26.2 Å². The highest BCUT2D eigenvalue weighted by molar-refractivity contribution is 5.78. The van der Waals surface area contributed by atoms with Gasteiger partial charge in [0.25, 0.3) is 0 Å². The van der Waals surface area contributed by atoms with Gasteiger partial charge in [0.15, 0.2) is 0 Å². The zero-order valence-electron chi connectivity index (χ0n) is 10.2. The molecule has 0 unspecified atom stereocenters. The van der Waals surface area contributed by atoms with E-state index in [0.29, 0.717) is 18.5 Å². The van der Waals surface area contributed by atoms with E-state index in [9.17, 15) is 4.79 Å². The number of hydrogen-bond acceptors (Lipinski definition) is 3. The lowest BCUT2D eigenvalue weighted by atomic mass is 10.3. The summed E-state index contributed by atoms with van der Waals surface area (Å²) in [7, 11) is 0. The Kier molecular flexibility index (Phi) is 4.18. The van der Waals surface area contributed by atoms with E-state index in [-0.39, 0.29) is 0 Å². The van der Waals surface area contributed by atoms with Crippen molar-refractivity contribution in [3.8, 4) is 0 Å². The van der Waals surface area contributed by atoms with Gasteiger partial charge in [-0.25, -0.2) is 0 Å². The van der Waals surface area contributed by atoms with Crippen LogP contribution in [0, 0.1) is 0 Å². The Labute approximate surface area is 98.0 Å². The third kappa shape index (κ3) is 3.19. The maximum Gasteiger partial charge on any atom is 0.236 e. The van der Waals surface area contributed by atoms with E-state index in [2.05, 4.69) is 17.1 Å². The van der Waals surface area contributed by atoms with Crippen LogP contribution in [0.5, 0.6) is 0 Å². The number of piperazine rings is 1. The Morgan fingerprint density at radius 3 is 2.62 bits per heavy atom. The summed E-state index contributed by atoms with van der Waals surface area (Å²) in [6.45, 7) is 7.55. The van der Waals surface area contributed by atoms with Crippen molar-refractivity contribution in [2.45, 2.75) is 32.2 Å². The number of nitrogens with one attached hydrogen (secondary N) is 1. The molecule has 0 atom stereocenters. The van der Waals surface area contributed by atoms with Gasteiger partial charge in [-0.15, -0.1) is 0 Å². The molecule has 0 aromatic rings. The van der Waals surface area contributed by atoms with Crippen LogP contribution in [0.15, 0.2) is 0 Å². The van der Waals surface area contributed by atoms with Gasteiger partial charge in [-0.1, -0.05) is 6.92 Å². The van der Waals surface area contributed by atoms with Gasteiger partial charge >= 0.3 is 0 Å². The van der Waals surface area contributed by atoms with Crippen molar-refractivity contribution >= 4 is 5.91 Å². The van der Waals surface area contributed by atoms with Crippen molar-refractivity contribution in [2.24, 2.45) is 0 Å². The SMILES string of the molecule is CCCN(CC(=O)N1CCNCC1)C1CC1. The first kappa shape index (κ1) is 11.9. The van der Waals surface area contributed by atoms with Gasteiger partial charge in [0.05, 0.1) is 6.54 Å². The number of carbonyl (C=O) groups is 1. The Morgan fingerprint density at radius 1 is 1.38 bits per heavy atom. The van der Waals surface area contributed by atoms with Gasteiger partial charge in [0.1, 0.15) is 0 Å². The molecule has 2 fully saturated rings. The zero-order chi connectivity index (χ0) is 11.4. The van der Waals surface area contributed by atoms with Crippen LogP contribution in [0.3, 0.4) is 0 Å². The molecule has 0 aromatic carbocycles. The second kappa shape index (κ2) is 5.64. The smallest absolute Gasteiger partial charge is 0.236 e. The molecule has 1 heterocycles. The molecule has 2 aliphatic rings. The van der Waals surface area contributed by atoms with E-state index in [0.717, 1.165) is 39.1 Å². The van der Waals surface area contributed by atoms with Gasteiger partial charge in [0, 0.05) is 32.2 Å². The second-order valence-corrected chi connectivity index (χ2v) is 4.83. The molecule has 4 nitrogen and oxygen atoms in total. The molecule has 92 valence electrons. The quantitative estimate of drug-likeness (QED) is 0.730. The van der Waals surface area contributed by atoms with Crippen molar-refractivity contribution in [1.82, 2.24) is 15.1 Å². The summed E-state index contributed by atoms with van der Waals surface area (Å²) >= 11 is 0. The predicted molar refractivity (Wildman–Crippen MR) is 64.3 cm³/mol. The molecule has 0 bridgehead atoms. The first-order valence-corrected chi connectivity index (χ1v) is 6.54. The number of hydrogen-bond donors (Lipinski definition) is 1. The average Bonchev–Trinajstić information content (AvgIpc) is 3.13. The standard InChI is InChI=1S/C12H23N3O/c1-2-7-15(11-3-4-11)10-12(16)14-8-5-13-6-9-14/h11,13H,2-10H2,1H3. The van der Waals surface area contributed by atoms with Gasteiger partial charge in [-0.2, -0.15) is 0 Å². The van der Waals surface area contributed by atoms with Gasteiger partial charge in [0.2, 0.25) is 5.91 Å². The molecular formula is C12H23N3O. The summed E-state index contributed by atoms with van der Waals surface area (Å²) in [6.07, 6.45) is 3.72. The summed E-state index contributed by atoms with van der Waals surface area (Å²) in [6, 6.07) is 0.701. The van der Waals surface area contributed by atoms with Crippen LogP contribution in [0.2, 0.25) is 0 Å². The minimum absolute atomic E-state index is 0.321. The molecule has 1 N–H and O–H groups in total. The van der Waals surface area contributed by atoms with Crippen molar-refractivity contribution in [3.63, 3.8) is 0 Å². The highest BCUT2D eigenvalue weighted by atomic mass is 16.2. The molecule has 16 heavy (non-hydrogen) atoms. The lowest BCUT2D eigenvalue weighted by Crippen LogP contribution is -2.50. The van der Waals surface area contributed by atoms with Crippen LogP contribution in [-0.2, 0) is 4.79 Å². The van der Waals surface area contributed by atoms with E-state index in [1.54, 1.807) is 0 Å². The molecule has 0 radical (unpaired) electrons. The van der Waals surface area contributed by atoms with Gasteiger partial charge < -0.3 is 10.2 Å². The third-order valence-corrected chi connectivity index (χ3v) is 3.38. The molecule has 1 aliphatic carbocycles. The van der Waals surface area contributed by atoms with E-state index in [4.69, 9.17) is 0 Å². The minimum atomic E-state index is 0.321. The molecule has 1 saturated heterocycles. The Bertz CT molecular complexity index is 234. The molecule has 0 spiro atoms. The van der Waals surface area contributed by atoms with Crippen molar-refractivity contribution in [2.75, 3.05) is 39.3 Å². The summed E-state index contributed by atoms with van der Waals surface area (Å²) in [4.78, 5) is 16.4. The lowest BCUT2D eigenvalue weighted by molar-refractivity contribution is -0.133. The first-order chi connectivity index (χ1) is 7.81. The van der Waals surface area contributed by atoms with Crippen LogP contribution in [0.25, 0.3) is 0 Å². The number of amides is 1. The highest BCUT2D eigenvalue weighted by Crippen LogP contribution is 2.26. The van der Waals surface area contributed by atoms with Gasteiger partial charge in [-0.05, 0) is 25.8 Å². The zero-order valence-corrected chi connectivity index (χ0v) is 10.2. The Balaban J connectivity index is 1.79. The van der Waals surface area contributed by atoms with E-state index in [1.165, 1.54) is 12.8 Å². The van der Waals surface area contributed by atoms with Crippen molar-refractivity contribution < 1.29 is 4.79 Å². The topological polar surface area (TPSA) is 35.6 Å². The molecule has 1 amide bonds. The van der Waals surface area contributed by atoms with Gasteiger partial charge in [-0.3, -0.25) is 9.69 Å². The number of rotatable bonds is 5. The first-order valence-electron chi connectivity index (χ1n) is 6.54. The van der Waals surface area contributed by atoms with Crippen LogP contribution in [0.4, 0.5) is 0 Å². The van der Waals surface area contributed by atoms with Crippen LogP contribution < -0.4 is 5.32 Å². The second-order valence-electron chi connectivity index (χ2n) is 4.83. The molecule has 1 aliphatic heterocycles. The number of carbonyl (C=O) groups excluding carboxylic acids is 1. The molecule has 4 heteroatoms. The minimum Gasteiger partial charge on any atom is -0.339 e. The van der Waals surface area contributed by atoms with E-state index >= 15 is 0 Å². The fraction of sp³-hybridized carbons (Fsp3) is 0.917. The van der Waals surface area contributed by atoms with E-state index in [1.807, 2.05) is 4.90 Å². The van der Waals surface area contributed by atoms with E-state index < -0.39 is 0 Å². The molecule has 1 saturated carbocycles. The maximum atomic E-state index is 12.1. The Morgan fingerprint density at radius 2 is 2.06 bits per heavy atom. The fourth-order valence-corrected chi connectivity index (χ4v) is 2.31. The summed E-state index contributed by atoms with van der Waals surface area (Å²) in [5.41, 5.74) is 0. The number of nitrogens with zero attached hydrogens (tertiary/aromatic N) is 2. The molecule has 2 rings (SSSR count). The fourth-order valence-electron chi connectivity index (χ4n) is 2.31. The Hall–Kier alpha value is -0.610. The monoisotopic (exact) mass is 225 g/mol.